The average molecular weight is 397 g/mol. The van der Waals surface area contributed by atoms with Gasteiger partial charge in [-0.25, -0.2) is 8.42 Å². The number of hydrogen-bond acceptors (Lipinski definition) is 4. The maximum absolute atomic E-state index is 12.8. The van der Waals surface area contributed by atoms with Gasteiger partial charge < -0.3 is 0 Å². The van der Waals surface area contributed by atoms with E-state index in [1.807, 2.05) is 5.38 Å². The van der Waals surface area contributed by atoms with Crippen molar-refractivity contribution < 1.29 is 8.42 Å². The molecule has 6 heteroatoms. The van der Waals surface area contributed by atoms with Gasteiger partial charge in [0.25, 0.3) is 10.0 Å². The van der Waals surface area contributed by atoms with Gasteiger partial charge in [0.1, 0.15) is 4.21 Å². The first-order chi connectivity index (χ1) is 13.2. The second-order valence-electron chi connectivity index (χ2n) is 6.95. The van der Waals surface area contributed by atoms with Crippen LogP contribution in [0.1, 0.15) is 17.2 Å². The van der Waals surface area contributed by atoms with Gasteiger partial charge in [-0.15, -0.1) is 11.3 Å². The molecule has 0 unspecified atom stereocenters. The number of fused-ring (bicyclic) bond motifs is 3. The third kappa shape index (κ3) is 2.75. The third-order valence-electron chi connectivity index (χ3n) is 5.53. The Morgan fingerprint density at radius 3 is 1.93 bits per heavy atom. The van der Waals surface area contributed by atoms with Gasteiger partial charge in [-0.2, -0.15) is 4.31 Å². The second-order valence-corrected chi connectivity index (χ2v) is 10.1. The van der Waals surface area contributed by atoms with Crippen LogP contribution >= 0.6 is 11.3 Å². The van der Waals surface area contributed by atoms with Crippen molar-refractivity contribution in [3.05, 3.63) is 77.2 Å². The second kappa shape index (κ2) is 6.56. The molecule has 1 fully saturated rings. The summed E-state index contributed by atoms with van der Waals surface area (Å²) in [5.41, 5.74) is 5.25. The first kappa shape index (κ1) is 17.1. The van der Waals surface area contributed by atoms with Crippen molar-refractivity contribution in [1.82, 2.24) is 9.21 Å². The molecule has 1 aliphatic carbocycles. The molecule has 0 saturated carbocycles. The Morgan fingerprint density at radius 2 is 1.37 bits per heavy atom. The smallest absolute Gasteiger partial charge is 0.252 e. The molecule has 0 amide bonds. The average Bonchev–Trinajstić information content (AvgIpc) is 3.35. The van der Waals surface area contributed by atoms with E-state index in [-0.39, 0.29) is 6.04 Å². The lowest BCUT2D eigenvalue weighted by Gasteiger charge is -2.38. The topological polar surface area (TPSA) is 40.6 Å². The first-order valence-corrected chi connectivity index (χ1v) is 11.4. The fraction of sp³-hybridized carbons (Fsp3) is 0.238. The van der Waals surface area contributed by atoms with Crippen molar-refractivity contribution in [2.24, 2.45) is 0 Å². The molecule has 1 aliphatic heterocycles. The molecule has 138 valence electrons. The zero-order valence-corrected chi connectivity index (χ0v) is 16.4. The van der Waals surface area contributed by atoms with Crippen LogP contribution in [-0.4, -0.2) is 43.8 Å². The number of benzene rings is 2. The fourth-order valence-electron chi connectivity index (χ4n) is 4.26. The highest BCUT2D eigenvalue weighted by Gasteiger charge is 2.36. The van der Waals surface area contributed by atoms with E-state index in [9.17, 15) is 8.42 Å². The molecule has 2 heterocycles. The molecule has 0 spiro atoms. The van der Waals surface area contributed by atoms with E-state index >= 15 is 0 Å². The summed E-state index contributed by atoms with van der Waals surface area (Å²) in [6, 6.07) is 20.8. The fourth-order valence-corrected chi connectivity index (χ4v) is 6.83. The zero-order chi connectivity index (χ0) is 18.4. The first-order valence-electron chi connectivity index (χ1n) is 9.12. The molecule has 0 bridgehead atoms. The van der Waals surface area contributed by atoms with E-state index in [1.54, 1.807) is 16.4 Å². The third-order valence-corrected chi connectivity index (χ3v) is 8.80. The van der Waals surface area contributed by atoms with Crippen molar-refractivity contribution in [3.63, 3.8) is 0 Å². The molecule has 0 N–H and O–H groups in total. The molecular formula is C21H20N2O2S2. The van der Waals surface area contributed by atoms with E-state index in [4.69, 9.17) is 0 Å². The molecule has 2 aromatic carbocycles. The van der Waals surface area contributed by atoms with Crippen molar-refractivity contribution >= 4 is 21.4 Å². The molecule has 0 radical (unpaired) electrons. The molecule has 4 nitrogen and oxygen atoms in total. The predicted molar refractivity (Wildman–Crippen MR) is 108 cm³/mol. The van der Waals surface area contributed by atoms with E-state index < -0.39 is 10.0 Å². The van der Waals surface area contributed by atoms with Crippen molar-refractivity contribution in [2.45, 2.75) is 10.3 Å². The Morgan fingerprint density at radius 1 is 0.778 bits per heavy atom. The predicted octanol–water partition coefficient (Wildman–Crippen LogP) is 3.82. The van der Waals surface area contributed by atoms with Crippen LogP contribution in [0.2, 0.25) is 0 Å². The van der Waals surface area contributed by atoms with Gasteiger partial charge in [0.2, 0.25) is 0 Å². The van der Waals surface area contributed by atoms with Crippen LogP contribution in [0.5, 0.6) is 0 Å². The van der Waals surface area contributed by atoms with Crippen LogP contribution in [0.3, 0.4) is 0 Å². The minimum Gasteiger partial charge on any atom is -0.290 e. The molecule has 0 atom stereocenters. The number of nitrogens with zero attached hydrogens (tertiary/aromatic N) is 2. The van der Waals surface area contributed by atoms with Gasteiger partial charge in [-0.1, -0.05) is 54.6 Å². The Labute approximate surface area is 163 Å². The van der Waals surface area contributed by atoms with Gasteiger partial charge in [0.05, 0.1) is 6.04 Å². The van der Waals surface area contributed by atoms with Crippen molar-refractivity contribution in [1.29, 1.82) is 0 Å². The zero-order valence-electron chi connectivity index (χ0n) is 14.8. The summed E-state index contributed by atoms with van der Waals surface area (Å²) in [6.45, 7) is 2.53. The highest BCUT2D eigenvalue weighted by atomic mass is 32.2. The lowest BCUT2D eigenvalue weighted by Crippen LogP contribution is -2.49. The summed E-state index contributed by atoms with van der Waals surface area (Å²) >= 11 is 1.29. The van der Waals surface area contributed by atoms with Crippen LogP contribution in [0.4, 0.5) is 0 Å². The summed E-state index contributed by atoms with van der Waals surface area (Å²) in [5.74, 6) is 0. The Kier molecular flexibility index (Phi) is 4.16. The summed E-state index contributed by atoms with van der Waals surface area (Å²) in [5, 5.41) is 1.82. The summed E-state index contributed by atoms with van der Waals surface area (Å²) in [6.07, 6.45) is 0. The van der Waals surface area contributed by atoms with Gasteiger partial charge in [0.15, 0.2) is 0 Å². The summed E-state index contributed by atoms with van der Waals surface area (Å²) in [4.78, 5) is 2.42. The highest BCUT2D eigenvalue weighted by Crippen LogP contribution is 2.46. The monoisotopic (exact) mass is 396 g/mol. The molecule has 1 saturated heterocycles. The Balaban J connectivity index is 1.42. The Bertz CT molecular complexity index is 1020. The van der Waals surface area contributed by atoms with Gasteiger partial charge in [-0.05, 0) is 33.7 Å². The number of hydrogen-bond donors (Lipinski definition) is 0. The van der Waals surface area contributed by atoms with Crippen LogP contribution in [0.15, 0.2) is 70.3 Å². The molecule has 27 heavy (non-hydrogen) atoms. The molecule has 1 aromatic heterocycles. The lowest BCUT2D eigenvalue weighted by molar-refractivity contribution is 0.158. The van der Waals surface area contributed by atoms with Crippen LogP contribution in [-0.2, 0) is 10.0 Å². The maximum Gasteiger partial charge on any atom is 0.252 e. The summed E-state index contributed by atoms with van der Waals surface area (Å²) in [7, 11) is -3.36. The van der Waals surface area contributed by atoms with E-state index in [1.165, 1.54) is 33.6 Å². The maximum atomic E-state index is 12.8. The van der Waals surface area contributed by atoms with E-state index in [0.717, 1.165) is 13.1 Å². The van der Waals surface area contributed by atoms with Crippen molar-refractivity contribution in [3.8, 4) is 11.1 Å². The standard InChI is InChI=1S/C21H20N2O2S2/c24-27(25,20-10-5-15-26-20)23-13-11-22(12-14-23)21-18-8-3-1-6-16(18)17-7-2-4-9-19(17)21/h1-10,15,21H,11-14H2. The molecule has 3 aromatic rings. The quantitative estimate of drug-likeness (QED) is 0.676. The minimum atomic E-state index is -3.36. The van der Waals surface area contributed by atoms with E-state index in [2.05, 4.69) is 53.4 Å². The van der Waals surface area contributed by atoms with Gasteiger partial charge >= 0.3 is 0 Å². The SMILES string of the molecule is O=S(=O)(c1cccs1)N1CCN(C2c3ccccc3-c3ccccc32)CC1. The highest BCUT2D eigenvalue weighted by molar-refractivity contribution is 7.91. The molecular weight excluding hydrogens is 376 g/mol. The van der Waals surface area contributed by atoms with Gasteiger partial charge in [-0.3, -0.25) is 4.90 Å². The van der Waals surface area contributed by atoms with Crippen molar-refractivity contribution in [2.75, 3.05) is 26.2 Å². The van der Waals surface area contributed by atoms with Crippen LogP contribution in [0.25, 0.3) is 11.1 Å². The number of piperazine rings is 1. The van der Waals surface area contributed by atoms with Crippen LogP contribution < -0.4 is 0 Å². The normalized spacial score (nSPS) is 18.4. The van der Waals surface area contributed by atoms with E-state index in [0.29, 0.717) is 17.3 Å². The largest absolute Gasteiger partial charge is 0.290 e. The van der Waals surface area contributed by atoms with Crippen LogP contribution in [0, 0.1) is 0 Å². The molecule has 2 aliphatic rings. The number of rotatable bonds is 3. The lowest BCUT2D eigenvalue weighted by atomic mass is 10.0. The summed E-state index contributed by atoms with van der Waals surface area (Å²) < 4.78 is 27.6. The minimum absolute atomic E-state index is 0.212. The number of thiophene rings is 1. The Hall–Kier alpha value is -1.99. The van der Waals surface area contributed by atoms with Gasteiger partial charge in [0, 0.05) is 26.2 Å². The molecule has 5 rings (SSSR count). The number of sulfonamides is 1.